The second-order valence-corrected chi connectivity index (χ2v) is 5.79. The third-order valence-corrected chi connectivity index (χ3v) is 4.45. The number of rotatable bonds is 4. The molecule has 1 unspecified atom stereocenters. The molecule has 2 rings (SSSR count). The molecule has 0 aliphatic heterocycles. The molecular formula is C11H8FNO3S2. The van der Waals surface area contributed by atoms with E-state index in [1.165, 1.54) is 17.4 Å². The molecule has 7 heteroatoms. The smallest absolute Gasteiger partial charge is 0.338 e. The van der Waals surface area contributed by atoms with Gasteiger partial charge >= 0.3 is 5.97 Å². The van der Waals surface area contributed by atoms with Crippen molar-refractivity contribution in [3.8, 4) is 0 Å². The third kappa shape index (κ3) is 2.80. The van der Waals surface area contributed by atoms with Crippen LogP contribution in [0, 0.1) is 5.82 Å². The van der Waals surface area contributed by atoms with Crippen molar-refractivity contribution in [3.63, 3.8) is 0 Å². The number of carboxylic acid groups (broad SMARTS) is 1. The van der Waals surface area contributed by atoms with Crippen LogP contribution in [0.4, 0.5) is 4.39 Å². The maximum atomic E-state index is 13.2. The standard InChI is InChI=1S/C11H8FNO3S2/c12-9-2-1-7(5-8(9)11(14)15)18(16)6-10-13-3-4-17-10/h1-5H,6H2,(H,14,15). The molecule has 1 N–H and O–H groups in total. The maximum absolute atomic E-state index is 13.2. The molecule has 2 aromatic rings. The Morgan fingerprint density at radius 3 is 2.89 bits per heavy atom. The normalized spacial score (nSPS) is 12.3. The van der Waals surface area contributed by atoms with Crippen LogP contribution >= 0.6 is 11.3 Å². The Morgan fingerprint density at radius 2 is 2.28 bits per heavy atom. The summed E-state index contributed by atoms with van der Waals surface area (Å²) < 4.78 is 25.1. The number of halogens is 1. The van der Waals surface area contributed by atoms with Crippen LogP contribution in [0.5, 0.6) is 0 Å². The Balaban J connectivity index is 2.26. The minimum atomic E-state index is -1.43. The van der Waals surface area contributed by atoms with Gasteiger partial charge in [-0.25, -0.2) is 14.2 Å². The summed E-state index contributed by atoms with van der Waals surface area (Å²) >= 11 is 1.37. The van der Waals surface area contributed by atoms with Crippen molar-refractivity contribution >= 4 is 28.1 Å². The Bertz CT molecular complexity index is 598. The van der Waals surface area contributed by atoms with Gasteiger partial charge in [0.05, 0.1) is 22.1 Å². The van der Waals surface area contributed by atoms with Gasteiger partial charge in [-0.05, 0) is 18.2 Å². The van der Waals surface area contributed by atoms with Gasteiger partial charge in [-0.2, -0.15) is 0 Å². The first-order chi connectivity index (χ1) is 8.58. The predicted octanol–water partition coefficient (Wildman–Crippen LogP) is 2.29. The first-order valence-corrected chi connectivity index (χ1v) is 7.07. The summed E-state index contributed by atoms with van der Waals surface area (Å²) in [4.78, 5) is 15.0. The zero-order valence-electron chi connectivity index (χ0n) is 9.00. The van der Waals surface area contributed by atoms with Crippen LogP contribution in [0.1, 0.15) is 15.4 Å². The van der Waals surface area contributed by atoms with E-state index >= 15 is 0 Å². The molecule has 0 spiro atoms. The number of carbonyl (C=O) groups is 1. The fraction of sp³-hybridized carbons (Fsp3) is 0.0909. The molecule has 1 aromatic carbocycles. The third-order valence-electron chi connectivity index (χ3n) is 2.17. The summed E-state index contributed by atoms with van der Waals surface area (Å²) in [5.41, 5.74) is -0.472. The summed E-state index contributed by atoms with van der Waals surface area (Å²) in [6.45, 7) is 0. The minimum absolute atomic E-state index is 0.197. The number of thiazole rings is 1. The fourth-order valence-corrected chi connectivity index (χ4v) is 3.26. The SMILES string of the molecule is O=C(O)c1cc(S(=O)Cc2nccs2)ccc1F. The molecule has 1 aromatic heterocycles. The summed E-state index contributed by atoms with van der Waals surface area (Å²) in [7, 11) is -1.43. The van der Waals surface area contributed by atoms with Gasteiger partial charge in [0.15, 0.2) is 0 Å². The highest BCUT2D eigenvalue weighted by molar-refractivity contribution is 7.84. The molecule has 18 heavy (non-hydrogen) atoms. The van der Waals surface area contributed by atoms with Gasteiger partial charge in [-0.1, -0.05) is 0 Å². The van der Waals surface area contributed by atoms with Crippen molar-refractivity contribution < 1.29 is 18.5 Å². The van der Waals surface area contributed by atoms with Gasteiger partial charge in [0.1, 0.15) is 10.8 Å². The zero-order chi connectivity index (χ0) is 13.1. The monoisotopic (exact) mass is 285 g/mol. The van der Waals surface area contributed by atoms with Crippen LogP contribution in [-0.4, -0.2) is 20.3 Å². The molecule has 0 aliphatic rings. The first kappa shape index (κ1) is 12.8. The Kier molecular flexibility index (Phi) is 3.83. The molecule has 0 fully saturated rings. The Morgan fingerprint density at radius 1 is 1.50 bits per heavy atom. The van der Waals surface area contributed by atoms with Crippen molar-refractivity contribution in [1.29, 1.82) is 0 Å². The molecule has 1 heterocycles. The Labute approximate surface area is 109 Å². The molecule has 0 aliphatic carbocycles. The van der Waals surface area contributed by atoms with Gasteiger partial charge in [0, 0.05) is 16.5 Å². The van der Waals surface area contributed by atoms with E-state index in [-0.39, 0.29) is 10.6 Å². The average molecular weight is 285 g/mol. The lowest BCUT2D eigenvalue weighted by molar-refractivity contribution is 0.0691. The quantitative estimate of drug-likeness (QED) is 0.936. The van der Waals surface area contributed by atoms with Crippen molar-refractivity contribution in [2.75, 3.05) is 0 Å². The van der Waals surface area contributed by atoms with Gasteiger partial charge < -0.3 is 5.11 Å². The average Bonchev–Trinajstić information content (AvgIpc) is 2.81. The van der Waals surface area contributed by atoms with Crippen molar-refractivity contribution in [2.24, 2.45) is 0 Å². The number of aromatic carboxylic acids is 1. The molecule has 1 atom stereocenters. The van der Waals surface area contributed by atoms with E-state index in [0.717, 1.165) is 12.1 Å². The summed E-state index contributed by atoms with van der Waals surface area (Å²) in [6.07, 6.45) is 1.60. The zero-order valence-corrected chi connectivity index (χ0v) is 10.6. The summed E-state index contributed by atoms with van der Waals surface area (Å²) in [6, 6.07) is 3.44. The number of benzene rings is 1. The number of nitrogens with zero attached hydrogens (tertiary/aromatic N) is 1. The van der Waals surface area contributed by atoms with Crippen LogP contribution in [0.15, 0.2) is 34.7 Å². The Hall–Kier alpha value is -1.60. The highest BCUT2D eigenvalue weighted by atomic mass is 32.2. The first-order valence-electron chi connectivity index (χ1n) is 4.87. The molecule has 94 valence electrons. The second-order valence-electron chi connectivity index (χ2n) is 3.36. The van der Waals surface area contributed by atoms with E-state index < -0.39 is 28.1 Å². The van der Waals surface area contributed by atoms with Gasteiger partial charge in [-0.3, -0.25) is 4.21 Å². The number of hydrogen-bond acceptors (Lipinski definition) is 4. The van der Waals surface area contributed by atoms with Crippen LogP contribution in [0.3, 0.4) is 0 Å². The number of carboxylic acids is 1. The van der Waals surface area contributed by atoms with E-state index in [1.807, 2.05) is 0 Å². The van der Waals surface area contributed by atoms with E-state index in [2.05, 4.69) is 4.98 Å². The maximum Gasteiger partial charge on any atom is 0.338 e. The molecule has 0 saturated carbocycles. The van der Waals surface area contributed by atoms with E-state index in [0.29, 0.717) is 5.01 Å². The predicted molar refractivity (Wildman–Crippen MR) is 65.6 cm³/mol. The highest BCUT2D eigenvalue weighted by Gasteiger charge is 2.14. The fourth-order valence-electron chi connectivity index (χ4n) is 1.33. The minimum Gasteiger partial charge on any atom is -0.478 e. The lowest BCUT2D eigenvalue weighted by Gasteiger charge is -2.03. The van der Waals surface area contributed by atoms with Gasteiger partial charge in [-0.15, -0.1) is 11.3 Å². The molecule has 0 amide bonds. The second kappa shape index (κ2) is 5.36. The molecule has 0 radical (unpaired) electrons. The van der Waals surface area contributed by atoms with Crippen LogP contribution < -0.4 is 0 Å². The van der Waals surface area contributed by atoms with Crippen LogP contribution in [0.25, 0.3) is 0 Å². The van der Waals surface area contributed by atoms with Crippen LogP contribution in [0.2, 0.25) is 0 Å². The van der Waals surface area contributed by atoms with E-state index in [1.54, 1.807) is 11.6 Å². The van der Waals surface area contributed by atoms with E-state index in [4.69, 9.17) is 5.11 Å². The van der Waals surface area contributed by atoms with E-state index in [9.17, 15) is 13.4 Å². The van der Waals surface area contributed by atoms with Gasteiger partial charge in [0.2, 0.25) is 0 Å². The van der Waals surface area contributed by atoms with Crippen molar-refractivity contribution in [1.82, 2.24) is 4.98 Å². The van der Waals surface area contributed by atoms with Crippen molar-refractivity contribution in [2.45, 2.75) is 10.6 Å². The number of aromatic nitrogens is 1. The largest absolute Gasteiger partial charge is 0.478 e. The molecular weight excluding hydrogens is 277 g/mol. The molecule has 4 nitrogen and oxygen atoms in total. The van der Waals surface area contributed by atoms with Crippen LogP contribution in [-0.2, 0) is 16.6 Å². The number of hydrogen-bond donors (Lipinski definition) is 1. The molecule has 0 bridgehead atoms. The summed E-state index contributed by atoms with van der Waals surface area (Å²) in [5.74, 6) is -2.01. The lowest BCUT2D eigenvalue weighted by Crippen LogP contribution is -2.03. The highest BCUT2D eigenvalue weighted by Crippen LogP contribution is 2.17. The van der Waals surface area contributed by atoms with Crippen molar-refractivity contribution in [3.05, 3.63) is 46.2 Å². The van der Waals surface area contributed by atoms with Gasteiger partial charge in [0.25, 0.3) is 0 Å². The lowest BCUT2D eigenvalue weighted by atomic mass is 10.2. The topological polar surface area (TPSA) is 67.3 Å². The molecule has 0 saturated heterocycles. The summed E-state index contributed by atoms with van der Waals surface area (Å²) in [5, 5.41) is 11.2.